The van der Waals surface area contributed by atoms with Gasteiger partial charge >= 0.3 is 12.0 Å². The molecule has 1 aliphatic carbocycles. The molecule has 0 atom stereocenters. The average Bonchev–Trinajstić information content (AvgIpc) is 2.45. The van der Waals surface area contributed by atoms with E-state index in [4.69, 9.17) is 0 Å². The van der Waals surface area contributed by atoms with Crippen LogP contribution in [0.15, 0.2) is 11.6 Å². The SMILES string of the molecule is CCC(CC)(NC(=O)NCCC1=CCCCC1)C(=O)O. The van der Waals surface area contributed by atoms with E-state index >= 15 is 0 Å². The summed E-state index contributed by atoms with van der Waals surface area (Å²) in [5.41, 5.74) is 0.237. The molecular weight excluding hydrogens is 256 g/mol. The molecule has 0 unspecified atom stereocenters. The Hall–Kier alpha value is -1.52. The lowest BCUT2D eigenvalue weighted by molar-refractivity contribution is -0.144. The number of rotatable bonds is 7. The fourth-order valence-electron chi connectivity index (χ4n) is 2.51. The first-order valence-corrected chi connectivity index (χ1v) is 7.51. The third-order valence-corrected chi connectivity index (χ3v) is 4.09. The van der Waals surface area contributed by atoms with Gasteiger partial charge in [0, 0.05) is 6.54 Å². The van der Waals surface area contributed by atoms with Crippen LogP contribution in [0.1, 0.15) is 58.8 Å². The molecule has 0 radical (unpaired) electrons. The highest BCUT2D eigenvalue weighted by atomic mass is 16.4. The number of hydrogen-bond donors (Lipinski definition) is 3. The van der Waals surface area contributed by atoms with Gasteiger partial charge in [0.15, 0.2) is 0 Å². The van der Waals surface area contributed by atoms with E-state index in [9.17, 15) is 14.7 Å². The van der Waals surface area contributed by atoms with Gasteiger partial charge in [-0.05, 0) is 44.9 Å². The van der Waals surface area contributed by atoms with Crippen LogP contribution in [0, 0.1) is 0 Å². The number of nitrogens with one attached hydrogen (secondary N) is 2. The molecule has 3 N–H and O–H groups in total. The molecule has 2 amide bonds. The third kappa shape index (κ3) is 4.54. The molecule has 0 aromatic carbocycles. The molecule has 0 heterocycles. The fourth-order valence-corrected chi connectivity index (χ4v) is 2.51. The molecule has 1 rings (SSSR count). The quantitative estimate of drug-likeness (QED) is 0.628. The summed E-state index contributed by atoms with van der Waals surface area (Å²) >= 11 is 0. The molecule has 0 fully saturated rings. The molecule has 5 nitrogen and oxygen atoms in total. The summed E-state index contributed by atoms with van der Waals surface area (Å²) in [7, 11) is 0. The van der Waals surface area contributed by atoms with Crippen molar-refractivity contribution < 1.29 is 14.7 Å². The van der Waals surface area contributed by atoms with E-state index in [0.29, 0.717) is 19.4 Å². The Bertz CT molecular complexity index is 373. The van der Waals surface area contributed by atoms with Crippen molar-refractivity contribution >= 4 is 12.0 Å². The fraction of sp³-hybridized carbons (Fsp3) is 0.733. The topological polar surface area (TPSA) is 78.4 Å². The van der Waals surface area contributed by atoms with Crippen LogP contribution in [0.3, 0.4) is 0 Å². The minimum Gasteiger partial charge on any atom is -0.480 e. The first-order valence-electron chi connectivity index (χ1n) is 7.51. The van der Waals surface area contributed by atoms with Crippen LogP contribution < -0.4 is 10.6 Å². The monoisotopic (exact) mass is 282 g/mol. The summed E-state index contributed by atoms with van der Waals surface area (Å²) < 4.78 is 0. The van der Waals surface area contributed by atoms with Crippen molar-refractivity contribution in [3.05, 3.63) is 11.6 Å². The van der Waals surface area contributed by atoms with Crippen LogP contribution >= 0.6 is 0 Å². The summed E-state index contributed by atoms with van der Waals surface area (Å²) in [6.07, 6.45) is 8.59. The first kappa shape index (κ1) is 16.5. The number of urea groups is 1. The molecule has 0 spiro atoms. The third-order valence-electron chi connectivity index (χ3n) is 4.09. The zero-order valence-electron chi connectivity index (χ0n) is 12.5. The van der Waals surface area contributed by atoms with E-state index in [1.807, 2.05) is 0 Å². The van der Waals surface area contributed by atoms with Crippen molar-refractivity contribution in [3.63, 3.8) is 0 Å². The van der Waals surface area contributed by atoms with Crippen molar-refractivity contribution in [2.24, 2.45) is 0 Å². The van der Waals surface area contributed by atoms with E-state index < -0.39 is 17.5 Å². The van der Waals surface area contributed by atoms with Gasteiger partial charge in [-0.15, -0.1) is 0 Å². The van der Waals surface area contributed by atoms with Crippen molar-refractivity contribution in [2.45, 2.75) is 64.3 Å². The molecule has 5 heteroatoms. The maximum atomic E-state index is 11.8. The zero-order valence-corrected chi connectivity index (χ0v) is 12.5. The number of carbonyl (C=O) groups is 2. The van der Waals surface area contributed by atoms with Crippen LogP contribution in [-0.2, 0) is 4.79 Å². The van der Waals surface area contributed by atoms with E-state index in [0.717, 1.165) is 19.3 Å². The summed E-state index contributed by atoms with van der Waals surface area (Å²) in [6.45, 7) is 4.09. The van der Waals surface area contributed by atoms with E-state index in [2.05, 4.69) is 16.7 Å². The lowest BCUT2D eigenvalue weighted by atomic mass is 9.93. The van der Waals surface area contributed by atoms with E-state index in [-0.39, 0.29) is 0 Å². The van der Waals surface area contributed by atoms with Gasteiger partial charge in [0.25, 0.3) is 0 Å². The van der Waals surface area contributed by atoms with E-state index in [1.165, 1.54) is 18.4 Å². The van der Waals surface area contributed by atoms with Gasteiger partial charge in [-0.1, -0.05) is 25.5 Å². The summed E-state index contributed by atoms with van der Waals surface area (Å²) in [6, 6.07) is -0.396. The number of carbonyl (C=O) groups excluding carboxylic acids is 1. The molecule has 1 aliphatic rings. The Morgan fingerprint density at radius 3 is 2.50 bits per heavy atom. The Morgan fingerprint density at radius 1 is 1.30 bits per heavy atom. The van der Waals surface area contributed by atoms with Gasteiger partial charge in [-0.25, -0.2) is 9.59 Å². The Balaban J connectivity index is 2.38. The summed E-state index contributed by atoms with van der Waals surface area (Å²) in [5.74, 6) is -0.979. The average molecular weight is 282 g/mol. The normalized spacial score (nSPS) is 15.4. The van der Waals surface area contributed by atoms with Gasteiger partial charge in [0.1, 0.15) is 5.54 Å². The lowest BCUT2D eigenvalue weighted by Gasteiger charge is -2.28. The number of amides is 2. The van der Waals surface area contributed by atoms with Crippen molar-refractivity contribution in [2.75, 3.05) is 6.54 Å². The van der Waals surface area contributed by atoms with Gasteiger partial charge in [0.05, 0.1) is 0 Å². The largest absolute Gasteiger partial charge is 0.480 e. The molecule has 0 saturated carbocycles. The van der Waals surface area contributed by atoms with Crippen molar-refractivity contribution in [3.8, 4) is 0 Å². The number of hydrogen-bond acceptors (Lipinski definition) is 2. The van der Waals surface area contributed by atoms with Gasteiger partial charge in [-0.2, -0.15) is 0 Å². The Morgan fingerprint density at radius 2 is 2.00 bits per heavy atom. The summed E-state index contributed by atoms with van der Waals surface area (Å²) in [5, 5.41) is 14.6. The van der Waals surface area contributed by atoms with Crippen LogP contribution in [0.25, 0.3) is 0 Å². The number of aliphatic carboxylic acids is 1. The zero-order chi connectivity index (χ0) is 15.0. The standard InChI is InChI=1S/C15H26N2O3/c1-3-15(4-2,13(18)19)17-14(20)16-11-10-12-8-6-5-7-9-12/h8H,3-7,9-11H2,1-2H3,(H,18,19)(H2,16,17,20). The van der Waals surface area contributed by atoms with Crippen LogP contribution in [0.4, 0.5) is 4.79 Å². The minimum atomic E-state index is -1.16. The van der Waals surface area contributed by atoms with E-state index in [1.54, 1.807) is 13.8 Å². The van der Waals surface area contributed by atoms with Gasteiger partial charge in [0.2, 0.25) is 0 Å². The van der Waals surface area contributed by atoms with Crippen molar-refractivity contribution in [1.82, 2.24) is 10.6 Å². The molecule has 114 valence electrons. The number of allylic oxidation sites excluding steroid dienone is 1. The number of carboxylic acid groups (broad SMARTS) is 1. The Labute approximate surface area is 120 Å². The second-order valence-electron chi connectivity index (χ2n) is 5.33. The first-order chi connectivity index (χ1) is 9.54. The maximum Gasteiger partial charge on any atom is 0.329 e. The molecule has 0 bridgehead atoms. The molecular formula is C15H26N2O3. The van der Waals surface area contributed by atoms with Gasteiger partial charge < -0.3 is 15.7 Å². The van der Waals surface area contributed by atoms with Crippen molar-refractivity contribution in [1.29, 1.82) is 0 Å². The number of carboxylic acids is 1. The molecule has 0 aromatic rings. The molecule has 0 aliphatic heterocycles. The van der Waals surface area contributed by atoms with Gasteiger partial charge in [-0.3, -0.25) is 0 Å². The van der Waals surface area contributed by atoms with Crippen LogP contribution in [0.2, 0.25) is 0 Å². The predicted molar refractivity (Wildman–Crippen MR) is 78.7 cm³/mol. The molecule has 0 aromatic heterocycles. The maximum absolute atomic E-state index is 11.8. The summed E-state index contributed by atoms with van der Waals surface area (Å²) in [4.78, 5) is 23.1. The molecule has 20 heavy (non-hydrogen) atoms. The lowest BCUT2D eigenvalue weighted by Crippen LogP contribution is -2.56. The Kier molecular flexibility index (Phi) is 6.55. The van der Waals surface area contributed by atoms with Crippen LogP contribution in [0.5, 0.6) is 0 Å². The minimum absolute atomic E-state index is 0.372. The van der Waals surface area contributed by atoms with Crippen LogP contribution in [-0.4, -0.2) is 29.2 Å². The molecule has 0 saturated heterocycles. The highest BCUT2D eigenvalue weighted by Gasteiger charge is 2.36. The highest BCUT2D eigenvalue weighted by Crippen LogP contribution is 2.19. The smallest absolute Gasteiger partial charge is 0.329 e. The second-order valence-corrected chi connectivity index (χ2v) is 5.33. The highest BCUT2D eigenvalue weighted by molar-refractivity contribution is 5.86. The predicted octanol–water partition coefficient (Wildman–Crippen LogP) is 2.82. The second kappa shape index (κ2) is 7.92.